The van der Waals surface area contributed by atoms with Crippen molar-refractivity contribution in [2.75, 3.05) is 0 Å². The number of hydrogen-bond donors (Lipinski definition) is 1. The molecule has 0 spiro atoms. The van der Waals surface area contributed by atoms with Crippen molar-refractivity contribution in [1.29, 1.82) is 0 Å². The van der Waals surface area contributed by atoms with E-state index in [1.54, 1.807) is 6.07 Å². The van der Waals surface area contributed by atoms with E-state index in [2.05, 4.69) is 5.32 Å². The van der Waals surface area contributed by atoms with Crippen LogP contribution in [0, 0.1) is 5.82 Å². The molecule has 0 amide bonds. The molecule has 0 saturated carbocycles. The van der Waals surface area contributed by atoms with E-state index in [4.69, 9.17) is 4.74 Å². The Morgan fingerprint density at radius 1 is 1.53 bits per heavy atom. The van der Waals surface area contributed by atoms with Crippen LogP contribution >= 0.6 is 0 Å². The third-order valence-corrected chi connectivity index (χ3v) is 2.97. The van der Waals surface area contributed by atoms with Gasteiger partial charge in [-0.3, -0.25) is 10.1 Å². The van der Waals surface area contributed by atoms with Crippen LogP contribution in [0.15, 0.2) is 24.3 Å². The van der Waals surface area contributed by atoms with Gasteiger partial charge in [0, 0.05) is 12.5 Å². The topological polar surface area (TPSA) is 38.3 Å². The number of rotatable bonds is 3. The van der Waals surface area contributed by atoms with Crippen molar-refractivity contribution in [3.63, 3.8) is 0 Å². The molecule has 17 heavy (non-hydrogen) atoms. The standard InChI is InChI=1S/C13H16FNO2/c1-8-6-12(13(16)17-8)15-9(2)10-4-3-5-11(14)7-10/h3-5,7-9,12,15H,6H2,1-2H3/t8-,9-,12+/m1/s1. The van der Waals surface area contributed by atoms with Crippen LogP contribution in [0.1, 0.15) is 31.9 Å². The van der Waals surface area contributed by atoms with Gasteiger partial charge in [-0.05, 0) is 31.5 Å². The van der Waals surface area contributed by atoms with Crippen LogP contribution in [0.2, 0.25) is 0 Å². The average molecular weight is 237 g/mol. The summed E-state index contributed by atoms with van der Waals surface area (Å²) in [5.41, 5.74) is 0.831. The second-order valence-corrected chi connectivity index (χ2v) is 4.48. The van der Waals surface area contributed by atoms with Gasteiger partial charge in [-0.25, -0.2) is 4.39 Å². The van der Waals surface area contributed by atoms with Gasteiger partial charge in [0.15, 0.2) is 0 Å². The highest BCUT2D eigenvalue weighted by Crippen LogP contribution is 2.19. The minimum atomic E-state index is -0.289. The number of hydrogen-bond acceptors (Lipinski definition) is 3. The molecular formula is C13H16FNO2. The van der Waals surface area contributed by atoms with Crippen molar-refractivity contribution >= 4 is 5.97 Å². The normalized spacial score (nSPS) is 25.7. The maximum atomic E-state index is 13.1. The van der Waals surface area contributed by atoms with Gasteiger partial charge >= 0.3 is 5.97 Å². The summed E-state index contributed by atoms with van der Waals surface area (Å²) in [6.07, 6.45) is 0.623. The summed E-state index contributed by atoms with van der Waals surface area (Å²) in [5.74, 6) is -0.487. The number of carbonyl (C=O) groups excluding carboxylic acids is 1. The van der Waals surface area contributed by atoms with Crippen molar-refractivity contribution in [1.82, 2.24) is 5.32 Å². The highest BCUT2D eigenvalue weighted by atomic mass is 19.1. The van der Waals surface area contributed by atoms with Crippen molar-refractivity contribution in [2.45, 2.75) is 38.5 Å². The Labute approximate surface area is 100.0 Å². The molecule has 0 radical (unpaired) electrons. The fourth-order valence-corrected chi connectivity index (χ4v) is 2.07. The Kier molecular flexibility index (Phi) is 3.43. The Morgan fingerprint density at radius 3 is 2.88 bits per heavy atom. The van der Waals surface area contributed by atoms with Crippen molar-refractivity contribution in [3.8, 4) is 0 Å². The Morgan fingerprint density at radius 2 is 2.29 bits per heavy atom. The Balaban J connectivity index is 2.02. The first kappa shape index (κ1) is 12.0. The molecule has 1 heterocycles. The summed E-state index contributed by atoms with van der Waals surface area (Å²) < 4.78 is 18.1. The molecule has 3 atom stereocenters. The van der Waals surface area contributed by atoms with Crippen molar-refractivity contribution in [2.24, 2.45) is 0 Å². The lowest BCUT2D eigenvalue weighted by atomic mass is 10.1. The Hall–Kier alpha value is -1.42. The summed E-state index contributed by atoms with van der Waals surface area (Å²) >= 11 is 0. The smallest absolute Gasteiger partial charge is 0.323 e. The number of ether oxygens (including phenoxy) is 1. The zero-order valence-corrected chi connectivity index (χ0v) is 9.94. The van der Waals surface area contributed by atoms with E-state index in [-0.39, 0.29) is 30.0 Å². The quantitative estimate of drug-likeness (QED) is 0.819. The molecule has 0 aliphatic carbocycles. The lowest BCUT2D eigenvalue weighted by Crippen LogP contribution is -2.35. The molecule has 2 rings (SSSR count). The predicted octanol–water partition coefficient (Wildman–Crippen LogP) is 2.18. The van der Waals surface area contributed by atoms with E-state index in [0.717, 1.165) is 5.56 Å². The number of carbonyl (C=O) groups is 1. The molecule has 1 N–H and O–H groups in total. The zero-order valence-electron chi connectivity index (χ0n) is 9.94. The summed E-state index contributed by atoms with van der Waals surface area (Å²) in [6.45, 7) is 3.78. The molecule has 0 unspecified atom stereocenters. The third kappa shape index (κ3) is 2.82. The van der Waals surface area contributed by atoms with E-state index >= 15 is 0 Å². The zero-order chi connectivity index (χ0) is 12.4. The van der Waals surface area contributed by atoms with Gasteiger partial charge in [0.1, 0.15) is 18.0 Å². The van der Waals surface area contributed by atoms with Gasteiger partial charge in [-0.2, -0.15) is 0 Å². The van der Waals surface area contributed by atoms with Crippen LogP contribution in [0.4, 0.5) is 4.39 Å². The van der Waals surface area contributed by atoms with Gasteiger partial charge in [0.2, 0.25) is 0 Å². The molecule has 0 aromatic heterocycles. The van der Waals surface area contributed by atoms with E-state index in [9.17, 15) is 9.18 Å². The molecule has 4 heteroatoms. The van der Waals surface area contributed by atoms with E-state index in [1.807, 2.05) is 19.9 Å². The number of benzene rings is 1. The highest BCUT2D eigenvalue weighted by molar-refractivity contribution is 5.78. The first-order chi connectivity index (χ1) is 8.06. The molecule has 1 saturated heterocycles. The van der Waals surface area contributed by atoms with E-state index in [1.165, 1.54) is 12.1 Å². The number of cyclic esters (lactones) is 1. The number of nitrogens with one attached hydrogen (secondary N) is 1. The van der Waals surface area contributed by atoms with Crippen LogP contribution in [-0.4, -0.2) is 18.1 Å². The largest absolute Gasteiger partial charge is 0.461 e. The molecule has 0 bridgehead atoms. The summed E-state index contributed by atoms with van der Waals surface area (Å²) in [7, 11) is 0. The maximum Gasteiger partial charge on any atom is 0.323 e. The second-order valence-electron chi connectivity index (χ2n) is 4.48. The predicted molar refractivity (Wildman–Crippen MR) is 61.9 cm³/mol. The van der Waals surface area contributed by atoms with Gasteiger partial charge in [0.25, 0.3) is 0 Å². The summed E-state index contributed by atoms with van der Waals surface area (Å²) in [4.78, 5) is 11.5. The molecule has 1 aliphatic rings. The van der Waals surface area contributed by atoms with Gasteiger partial charge in [0.05, 0.1) is 0 Å². The minimum Gasteiger partial charge on any atom is -0.461 e. The van der Waals surface area contributed by atoms with Crippen LogP contribution in [0.3, 0.4) is 0 Å². The summed E-state index contributed by atoms with van der Waals surface area (Å²) in [5, 5.41) is 3.16. The molecule has 1 aromatic carbocycles. The van der Waals surface area contributed by atoms with Crippen LogP contribution in [0.5, 0.6) is 0 Å². The van der Waals surface area contributed by atoms with Crippen LogP contribution in [0.25, 0.3) is 0 Å². The molecule has 1 fully saturated rings. The molecule has 92 valence electrons. The van der Waals surface area contributed by atoms with Gasteiger partial charge < -0.3 is 4.74 Å². The Bertz CT molecular complexity index is 422. The van der Waals surface area contributed by atoms with Gasteiger partial charge in [-0.15, -0.1) is 0 Å². The highest BCUT2D eigenvalue weighted by Gasteiger charge is 2.32. The molecule has 1 aliphatic heterocycles. The number of esters is 1. The monoisotopic (exact) mass is 237 g/mol. The number of halogens is 1. The van der Waals surface area contributed by atoms with Gasteiger partial charge in [-0.1, -0.05) is 12.1 Å². The van der Waals surface area contributed by atoms with E-state index in [0.29, 0.717) is 6.42 Å². The summed E-state index contributed by atoms with van der Waals surface area (Å²) in [6, 6.07) is 6.02. The molecule has 1 aromatic rings. The molecular weight excluding hydrogens is 221 g/mol. The first-order valence-electron chi connectivity index (χ1n) is 5.78. The third-order valence-electron chi connectivity index (χ3n) is 2.97. The fourth-order valence-electron chi connectivity index (χ4n) is 2.07. The fraction of sp³-hybridized carbons (Fsp3) is 0.462. The lowest BCUT2D eigenvalue weighted by molar-refractivity contribution is -0.142. The minimum absolute atomic E-state index is 0.0419. The molecule has 3 nitrogen and oxygen atoms in total. The SMILES string of the molecule is C[C@@H]1C[C@H](N[C@H](C)c2cccc(F)c2)C(=O)O1. The van der Waals surface area contributed by atoms with Crippen molar-refractivity contribution in [3.05, 3.63) is 35.6 Å². The van der Waals surface area contributed by atoms with Crippen LogP contribution in [-0.2, 0) is 9.53 Å². The first-order valence-corrected chi connectivity index (χ1v) is 5.78. The average Bonchev–Trinajstić information content (AvgIpc) is 2.57. The second kappa shape index (κ2) is 4.84. The van der Waals surface area contributed by atoms with Crippen molar-refractivity contribution < 1.29 is 13.9 Å². The van der Waals surface area contributed by atoms with E-state index < -0.39 is 0 Å². The van der Waals surface area contributed by atoms with Crippen LogP contribution < -0.4 is 5.32 Å². The maximum absolute atomic E-state index is 13.1. The lowest BCUT2D eigenvalue weighted by Gasteiger charge is -2.17.